The van der Waals surface area contributed by atoms with E-state index < -0.39 is 0 Å². The molecule has 0 unspecified atom stereocenters. The molecule has 0 radical (unpaired) electrons. The van der Waals surface area contributed by atoms with Crippen molar-refractivity contribution in [3.8, 4) is 34.3 Å². The summed E-state index contributed by atoms with van der Waals surface area (Å²) in [6.07, 6.45) is 1.61. The number of aromatic nitrogens is 3. The van der Waals surface area contributed by atoms with Crippen molar-refractivity contribution in [2.75, 3.05) is 27.1 Å². The van der Waals surface area contributed by atoms with E-state index in [0.717, 1.165) is 10.6 Å². The first-order valence-corrected chi connectivity index (χ1v) is 12.3. The Hall–Kier alpha value is -3.83. The molecule has 0 saturated carbocycles. The number of carbonyl (C=O) groups excluding carboxylic acids is 1. The molecular weight excluding hydrogens is 486 g/mol. The fourth-order valence-corrected chi connectivity index (χ4v) is 4.59. The Bertz CT molecular complexity index is 1280. The summed E-state index contributed by atoms with van der Waals surface area (Å²) in [5, 5.41) is 15.3. The Labute approximate surface area is 210 Å². The molecule has 0 spiro atoms. The molecule has 0 fully saturated rings. The molecule has 4 aromatic rings. The van der Waals surface area contributed by atoms with Crippen LogP contribution in [0.15, 0.2) is 70.2 Å². The van der Waals surface area contributed by atoms with Crippen molar-refractivity contribution >= 4 is 35.2 Å². The van der Waals surface area contributed by atoms with E-state index in [1.807, 2.05) is 64.5 Å². The molecule has 4 rings (SSSR count). The zero-order valence-corrected chi connectivity index (χ0v) is 20.9. The van der Waals surface area contributed by atoms with Gasteiger partial charge < -0.3 is 14.2 Å². The Kier molecular flexibility index (Phi) is 8.01. The summed E-state index contributed by atoms with van der Waals surface area (Å²) >= 11 is 2.80. The van der Waals surface area contributed by atoms with Crippen LogP contribution < -0.4 is 19.6 Å². The Morgan fingerprint density at radius 3 is 2.43 bits per heavy atom. The van der Waals surface area contributed by atoms with E-state index in [4.69, 9.17) is 14.2 Å². The van der Waals surface area contributed by atoms with Crippen LogP contribution in [0.2, 0.25) is 0 Å². The van der Waals surface area contributed by atoms with Crippen LogP contribution in [-0.4, -0.2) is 54.0 Å². The summed E-state index contributed by atoms with van der Waals surface area (Å²) in [7, 11) is 4.67. The van der Waals surface area contributed by atoms with Crippen molar-refractivity contribution in [3.05, 3.63) is 64.9 Å². The SMILES string of the molecule is COc1cc(-c2nnc(SCC(=O)N/N=C/c3cccs3)n2-c2ccccc2)cc(OC)c1OC. The standard InChI is InChI=1S/C24H23N5O4S2/c1-31-19-12-16(13-20(32-2)22(19)33-3)23-27-28-24(29(23)17-8-5-4-6-9-17)35-15-21(30)26-25-14-18-10-7-11-34-18/h4-14H,15H2,1-3H3,(H,26,30)/b25-14+. The van der Waals surface area contributed by atoms with Gasteiger partial charge in [-0.15, -0.1) is 21.5 Å². The van der Waals surface area contributed by atoms with Crippen molar-refractivity contribution in [3.63, 3.8) is 0 Å². The van der Waals surface area contributed by atoms with E-state index in [1.54, 1.807) is 27.5 Å². The first kappa shape index (κ1) is 24.3. The lowest BCUT2D eigenvalue weighted by atomic mass is 10.1. The van der Waals surface area contributed by atoms with Gasteiger partial charge in [0.25, 0.3) is 5.91 Å². The van der Waals surface area contributed by atoms with Crippen LogP contribution in [0.4, 0.5) is 0 Å². The molecule has 2 aromatic carbocycles. The topological polar surface area (TPSA) is 99.9 Å². The number of carbonyl (C=O) groups is 1. The van der Waals surface area contributed by atoms with Crippen LogP contribution in [0.3, 0.4) is 0 Å². The molecule has 0 bridgehead atoms. The van der Waals surface area contributed by atoms with Crippen molar-refractivity contribution in [2.45, 2.75) is 5.16 Å². The van der Waals surface area contributed by atoms with Gasteiger partial charge in [-0.2, -0.15) is 5.10 Å². The number of nitrogens with one attached hydrogen (secondary N) is 1. The Balaban J connectivity index is 1.63. The van der Waals surface area contributed by atoms with Gasteiger partial charge in [0.2, 0.25) is 5.75 Å². The maximum atomic E-state index is 12.4. The molecule has 1 N–H and O–H groups in total. The number of nitrogens with zero attached hydrogens (tertiary/aromatic N) is 4. The van der Waals surface area contributed by atoms with E-state index in [2.05, 4.69) is 20.7 Å². The van der Waals surface area contributed by atoms with Gasteiger partial charge in [-0.25, -0.2) is 5.43 Å². The Morgan fingerprint density at radius 1 is 1.06 bits per heavy atom. The molecule has 0 atom stereocenters. The van der Waals surface area contributed by atoms with Crippen LogP contribution in [0.1, 0.15) is 4.88 Å². The minimum absolute atomic E-state index is 0.113. The maximum absolute atomic E-state index is 12.4. The largest absolute Gasteiger partial charge is 0.493 e. The van der Waals surface area contributed by atoms with Gasteiger partial charge in [-0.05, 0) is 35.7 Å². The van der Waals surface area contributed by atoms with Crippen LogP contribution in [0.25, 0.3) is 17.1 Å². The lowest BCUT2D eigenvalue weighted by Gasteiger charge is -2.15. The highest BCUT2D eigenvalue weighted by molar-refractivity contribution is 7.99. The zero-order valence-electron chi connectivity index (χ0n) is 19.3. The molecule has 0 saturated heterocycles. The average molecular weight is 510 g/mol. The van der Waals surface area contributed by atoms with Crippen LogP contribution in [0.5, 0.6) is 17.2 Å². The predicted octanol–water partition coefficient (Wildman–Crippen LogP) is 4.26. The molecule has 35 heavy (non-hydrogen) atoms. The van der Waals surface area contributed by atoms with Gasteiger partial charge in [0, 0.05) is 16.1 Å². The van der Waals surface area contributed by atoms with Crippen molar-refractivity contribution in [2.24, 2.45) is 5.10 Å². The molecule has 2 aromatic heterocycles. The first-order valence-electron chi connectivity index (χ1n) is 10.4. The summed E-state index contributed by atoms with van der Waals surface area (Å²) in [4.78, 5) is 13.3. The van der Waals surface area contributed by atoms with E-state index in [-0.39, 0.29) is 11.7 Å². The predicted molar refractivity (Wildman–Crippen MR) is 137 cm³/mol. The van der Waals surface area contributed by atoms with Crippen molar-refractivity contribution < 1.29 is 19.0 Å². The van der Waals surface area contributed by atoms with Gasteiger partial charge in [0.05, 0.1) is 33.3 Å². The molecule has 180 valence electrons. The monoisotopic (exact) mass is 509 g/mol. The third-order valence-electron chi connectivity index (χ3n) is 4.83. The molecule has 9 nitrogen and oxygen atoms in total. The highest BCUT2D eigenvalue weighted by Gasteiger charge is 2.21. The lowest BCUT2D eigenvalue weighted by Crippen LogP contribution is -2.19. The molecular formula is C24H23N5O4S2. The Morgan fingerprint density at radius 2 is 1.80 bits per heavy atom. The number of methoxy groups -OCH3 is 3. The second-order valence-electron chi connectivity index (χ2n) is 6.99. The third-order valence-corrected chi connectivity index (χ3v) is 6.56. The number of para-hydroxylation sites is 1. The third kappa shape index (κ3) is 5.64. The summed E-state index contributed by atoms with van der Waals surface area (Å²) in [6, 6.07) is 17.1. The summed E-state index contributed by atoms with van der Waals surface area (Å²) in [5.74, 6) is 1.91. The van der Waals surface area contributed by atoms with Crippen molar-refractivity contribution in [1.82, 2.24) is 20.2 Å². The summed E-state index contributed by atoms with van der Waals surface area (Å²) < 4.78 is 18.3. The second kappa shape index (κ2) is 11.5. The van der Waals surface area contributed by atoms with Crippen LogP contribution in [-0.2, 0) is 4.79 Å². The van der Waals surface area contributed by atoms with E-state index in [0.29, 0.717) is 33.8 Å². The average Bonchev–Trinajstić information content (AvgIpc) is 3.57. The van der Waals surface area contributed by atoms with Gasteiger partial charge in [-0.1, -0.05) is 36.0 Å². The van der Waals surface area contributed by atoms with E-state index in [1.165, 1.54) is 23.1 Å². The lowest BCUT2D eigenvalue weighted by molar-refractivity contribution is -0.118. The summed E-state index contributed by atoms with van der Waals surface area (Å²) in [5.41, 5.74) is 4.11. The van der Waals surface area contributed by atoms with Gasteiger partial charge in [0.15, 0.2) is 22.5 Å². The number of ether oxygens (including phenoxy) is 3. The highest BCUT2D eigenvalue weighted by atomic mass is 32.2. The zero-order chi connectivity index (χ0) is 24.6. The molecule has 0 aliphatic carbocycles. The quantitative estimate of drug-likeness (QED) is 0.194. The molecule has 11 heteroatoms. The number of thiophene rings is 1. The molecule has 2 heterocycles. The van der Waals surface area contributed by atoms with Gasteiger partial charge in [0.1, 0.15) is 0 Å². The number of benzene rings is 2. The second-order valence-corrected chi connectivity index (χ2v) is 8.91. The minimum atomic E-state index is -0.250. The molecule has 1 amide bonds. The molecule has 0 aliphatic rings. The summed E-state index contributed by atoms with van der Waals surface area (Å²) in [6.45, 7) is 0. The number of amides is 1. The fourth-order valence-electron chi connectivity index (χ4n) is 3.27. The number of thioether (sulfide) groups is 1. The number of hydrazone groups is 1. The minimum Gasteiger partial charge on any atom is -0.493 e. The smallest absolute Gasteiger partial charge is 0.250 e. The van der Waals surface area contributed by atoms with Gasteiger partial charge in [-0.3, -0.25) is 9.36 Å². The normalized spacial score (nSPS) is 10.9. The molecule has 0 aliphatic heterocycles. The van der Waals surface area contributed by atoms with Gasteiger partial charge >= 0.3 is 0 Å². The van der Waals surface area contributed by atoms with Crippen LogP contribution >= 0.6 is 23.1 Å². The first-order chi connectivity index (χ1) is 17.1. The van der Waals surface area contributed by atoms with Crippen LogP contribution in [0, 0.1) is 0 Å². The fraction of sp³-hybridized carbons (Fsp3) is 0.167. The van der Waals surface area contributed by atoms with E-state index >= 15 is 0 Å². The van der Waals surface area contributed by atoms with E-state index in [9.17, 15) is 4.79 Å². The number of hydrogen-bond donors (Lipinski definition) is 1. The number of hydrogen-bond acceptors (Lipinski definition) is 9. The maximum Gasteiger partial charge on any atom is 0.250 e. The highest BCUT2D eigenvalue weighted by Crippen LogP contribution is 2.41. The van der Waals surface area contributed by atoms with Crippen molar-refractivity contribution in [1.29, 1.82) is 0 Å². The number of rotatable bonds is 10.